The standard InChI is InChI=1S/C11H17NO3/c1-5-15-11(14)10(6-12)8(3)7(2)9(4)13/h7-8,10H,5H2,1-4H3. The summed E-state index contributed by atoms with van der Waals surface area (Å²) in [5.41, 5.74) is 0. The summed E-state index contributed by atoms with van der Waals surface area (Å²) in [5.74, 6) is -2.04. The van der Waals surface area contributed by atoms with Crippen LogP contribution in [0, 0.1) is 29.1 Å². The zero-order valence-corrected chi connectivity index (χ0v) is 9.61. The van der Waals surface area contributed by atoms with Crippen LogP contribution in [0.1, 0.15) is 27.7 Å². The molecule has 0 bridgehead atoms. The third kappa shape index (κ3) is 3.70. The molecule has 0 saturated carbocycles. The molecule has 0 aliphatic carbocycles. The Morgan fingerprint density at radius 2 is 1.93 bits per heavy atom. The van der Waals surface area contributed by atoms with Gasteiger partial charge in [0, 0.05) is 5.92 Å². The number of nitrogens with zero attached hydrogens (tertiary/aromatic N) is 1. The second kappa shape index (κ2) is 6.18. The molecule has 0 heterocycles. The van der Waals surface area contributed by atoms with E-state index in [9.17, 15) is 9.59 Å². The van der Waals surface area contributed by atoms with Crippen LogP contribution in [0.4, 0.5) is 0 Å². The average molecular weight is 211 g/mol. The minimum atomic E-state index is -0.858. The molecule has 0 radical (unpaired) electrons. The number of rotatable bonds is 5. The molecule has 15 heavy (non-hydrogen) atoms. The van der Waals surface area contributed by atoms with Crippen molar-refractivity contribution in [3.05, 3.63) is 0 Å². The quantitative estimate of drug-likeness (QED) is 0.647. The van der Waals surface area contributed by atoms with E-state index in [4.69, 9.17) is 10.00 Å². The number of ether oxygens (including phenoxy) is 1. The first-order chi connectivity index (χ1) is 6.95. The van der Waals surface area contributed by atoms with Crippen LogP contribution in [0.2, 0.25) is 0 Å². The summed E-state index contributed by atoms with van der Waals surface area (Å²) in [5, 5.41) is 8.86. The van der Waals surface area contributed by atoms with Crippen molar-refractivity contribution in [1.29, 1.82) is 5.26 Å². The van der Waals surface area contributed by atoms with Crippen molar-refractivity contribution in [2.45, 2.75) is 27.7 Å². The van der Waals surface area contributed by atoms with Gasteiger partial charge in [0.05, 0.1) is 12.7 Å². The van der Waals surface area contributed by atoms with E-state index in [2.05, 4.69) is 0 Å². The van der Waals surface area contributed by atoms with Gasteiger partial charge in [0.2, 0.25) is 0 Å². The highest BCUT2D eigenvalue weighted by atomic mass is 16.5. The van der Waals surface area contributed by atoms with Crippen molar-refractivity contribution in [3.8, 4) is 6.07 Å². The molecule has 0 aromatic heterocycles. The van der Waals surface area contributed by atoms with Gasteiger partial charge >= 0.3 is 5.97 Å². The Bertz CT molecular complexity index is 280. The fourth-order valence-electron chi connectivity index (χ4n) is 1.28. The van der Waals surface area contributed by atoms with Crippen LogP contribution < -0.4 is 0 Å². The van der Waals surface area contributed by atoms with Gasteiger partial charge in [0.15, 0.2) is 0 Å². The van der Waals surface area contributed by atoms with E-state index < -0.39 is 11.9 Å². The van der Waals surface area contributed by atoms with Crippen LogP contribution in [0.3, 0.4) is 0 Å². The molecule has 0 aliphatic rings. The molecule has 4 heteroatoms. The Balaban J connectivity index is 4.62. The Morgan fingerprint density at radius 3 is 2.27 bits per heavy atom. The normalized spacial score (nSPS) is 15.9. The second-order valence-corrected chi connectivity index (χ2v) is 3.62. The van der Waals surface area contributed by atoms with Gasteiger partial charge in [-0.1, -0.05) is 13.8 Å². The maximum atomic E-state index is 11.4. The maximum Gasteiger partial charge on any atom is 0.323 e. The monoisotopic (exact) mass is 211 g/mol. The first kappa shape index (κ1) is 13.6. The number of hydrogen-bond acceptors (Lipinski definition) is 4. The Kier molecular flexibility index (Phi) is 5.61. The van der Waals surface area contributed by atoms with Crippen molar-refractivity contribution in [3.63, 3.8) is 0 Å². The lowest BCUT2D eigenvalue weighted by molar-refractivity contribution is -0.148. The van der Waals surface area contributed by atoms with Crippen LogP contribution in [-0.4, -0.2) is 18.4 Å². The van der Waals surface area contributed by atoms with Crippen LogP contribution >= 0.6 is 0 Å². The molecule has 0 spiro atoms. The highest BCUT2D eigenvalue weighted by Crippen LogP contribution is 2.22. The van der Waals surface area contributed by atoms with Crippen molar-refractivity contribution >= 4 is 11.8 Å². The minimum absolute atomic E-state index is 0.0213. The second-order valence-electron chi connectivity index (χ2n) is 3.62. The zero-order chi connectivity index (χ0) is 12.0. The number of carbonyl (C=O) groups is 2. The fraction of sp³-hybridized carbons (Fsp3) is 0.727. The lowest BCUT2D eigenvalue weighted by Crippen LogP contribution is -2.29. The SMILES string of the molecule is CCOC(=O)C(C#N)C(C)C(C)C(C)=O. The number of nitriles is 1. The molecule has 84 valence electrons. The molecule has 0 aliphatic heterocycles. The molecule has 0 aromatic rings. The van der Waals surface area contributed by atoms with E-state index >= 15 is 0 Å². The Morgan fingerprint density at radius 1 is 1.40 bits per heavy atom. The molecular formula is C11H17NO3. The largest absolute Gasteiger partial charge is 0.465 e. The lowest BCUT2D eigenvalue weighted by Gasteiger charge is -2.20. The van der Waals surface area contributed by atoms with Crippen molar-refractivity contribution in [2.24, 2.45) is 17.8 Å². The van der Waals surface area contributed by atoms with E-state index in [1.54, 1.807) is 20.8 Å². The molecule has 0 saturated heterocycles. The molecule has 0 N–H and O–H groups in total. The highest BCUT2D eigenvalue weighted by molar-refractivity contribution is 5.81. The summed E-state index contributed by atoms with van der Waals surface area (Å²) in [6.45, 7) is 6.83. The number of Topliss-reactive ketones (excluding diaryl/α,β-unsaturated/α-hetero) is 1. The van der Waals surface area contributed by atoms with E-state index in [-0.39, 0.29) is 24.2 Å². The summed E-state index contributed by atoms with van der Waals surface area (Å²) in [6, 6.07) is 1.90. The minimum Gasteiger partial charge on any atom is -0.465 e. The summed E-state index contributed by atoms with van der Waals surface area (Å²) < 4.78 is 4.77. The van der Waals surface area contributed by atoms with E-state index in [1.165, 1.54) is 6.92 Å². The Labute approximate surface area is 90.2 Å². The van der Waals surface area contributed by atoms with E-state index in [1.807, 2.05) is 6.07 Å². The van der Waals surface area contributed by atoms with Crippen molar-refractivity contribution < 1.29 is 14.3 Å². The summed E-state index contributed by atoms with van der Waals surface area (Å²) >= 11 is 0. The van der Waals surface area contributed by atoms with Crippen molar-refractivity contribution in [1.82, 2.24) is 0 Å². The molecular weight excluding hydrogens is 194 g/mol. The van der Waals surface area contributed by atoms with Crippen LogP contribution in [-0.2, 0) is 14.3 Å². The third-order valence-corrected chi connectivity index (χ3v) is 2.64. The first-order valence-corrected chi connectivity index (χ1v) is 5.02. The molecule has 3 atom stereocenters. The number of hydrogen-bond donors (Lipinski definition) is 0. The fourth-order valence-corrected chi connectivity index (χ4v) is 1.28. The summed E-state index contributed by atoms with van der Waals surface area (Å²) in [7, 11) is 0. The highest BCUT2D eigenvalue weighted by Gasteiger charge is 2.31. The molecule has 0 rings (SSSR count). The van der Waals surface area contributed by atoms with Gasteiger partial charge < -0.3 is 4.74 Å². The van der Waals surface area contributed by atoms with Crippen molar-refractivity contribution in [2.75, 3.05) is 6.61 Å². The van der Waals surface area contributed by atoms with Gasteiger partial charge in [-0.25, -0.2) is 0 Å². The summed E-state index contributed by atoms with van der Waals surface area (Å²) in [4.78, 5) is 22.5. The maximum absolute atomic E-state index is 11.4. The van der Waals surface area contributed by atoms with Gasteiger partial charge in [-0.2, -0.15) is 5.26 Å². The van der Waals surface area contributed by atoms with Gasteiger partial charge in [0.25, 0.3) is 0 Å². The van der Waals surface area contributed by atoms with Gasteiger partial charge in [-0.05, 0) is 19.8 Å². The molecule has 0 fully saturated rings. The smallest absolute Gasteiger partial charge is 0.323 e. The van der Waals surface area contributed by atoms with Crippen LogP contribution in [0.5, 0.6) is 0 Å². The molecule has 0 amide bonds. The van der Waals surface area contributed by atoms with Gasteiger partial charge in [-0.3, -0.25) is 9.59 Å². The zero-order valence-electron chi connectivity index (χ0n) is 9.61. The molecule has 4 nitrogen and oxygen atoms in total. The van der Waals surface area contributed by atoms with Crippen LogP contribution in [0.25, 0.3) is 0 Å². The van der Waals surface area contributed by atoms with Gasteiger partial charge in [0.1, 0.15) is 11.7 Å². The van der Waals surface area contributed by atoms with E-state index in [0.29, 0.717) is 0 Å². The number of carbonyl (C=O) groups excluding carboxylic acids is 2. The molecule has 3 unspecified atom stereocenters. The summed E-state index contributed by atoms with van der Waals surface area (Å²) in [6.07, 6.45) is 0. The van der Waals surface area contributed by atoms with Crippen LogP contribution in [0.15, 0.2) is 0 Å². The predicted molar refractivity (Wildman–Crippen MR) is 54.7 cm³/mol. The van der Waals surface area contributed by atoms with Gasteiger partial charge in [-0.15, -0.1) is 0 Å². The topological polar surface area (TPSA) is 67.2 Å². The first-order valence-electron chi connectivity index (χ1n) is 5.02. The number of ketones is 1. The third-order valence-electron chi connectivity index (χ3n) is 2.64. The average Bonchev–Trinajstić information content (AvgIpc) is 2.17. The molecule has 0 aromatic carbocycles. The lowest BCUT2D eigenvalue weighted by atomic mass is 9.83. The Hall–Kier alpha value is -1.37. The number of esters is 1. The van der Waals surface area contributed by atoms with E-state index in [0.717, 1.165) is 0 Å². The predicted octanol–water partition coefficient (Wildman–Crippen LogP) is 1.55.